The Hall–Kier alpha value is -1.30. The number of rotatable bonds is 7. The van der Waals surface area contributed by atoms with E-state index in [4.69, 9.17) is 16.3 Å². The number of hydrogen-bond donors (Lipinski definition) is 2. The molecule has 0 heterocycles. The quantitative estimate of drug-likeness (QED) is 0.747. The van der Waals surface area contributed by atoms with Crippen LogP contribution >= 0.6 is 11.6 Å². The van der Waals surface area contributed by atoms with Crippen LogP contribution in [0.1, 0.15) is 0 Å². The third-order valence-electron chi connectivity index (χ3n) is 2.48. The molecule has 1 amide bonds. The molecule has 0 bridgehead atoms. The molecular formula is C13H20ClN3O2. The maximum absolute atomic E-state index is 11.8. The Labute approximate surface area is 118 Å². The molecule has 1 aromatic carbocycles. The second-order valence-corrected chi connectivity index (χ2v) is 4.66. The van der Waals surface area contributed by atoms with Crippen molar-refractivity contribution in [3.05, 3.63) is 23.2 Å². The van der Waals surface area contributed by atoms with E-state index in [2.05, 4.69) is 10.6 Å². The van der Waals surface area contributed by atoms with Crippen molar-refractivity contribution in [1.29, 1.82) is 0 Å². The van der Waals surface area contributed by atoms with Crippen LogP contribution in [0.4, 0.5) is 11.4 Å². The topological polar surface area (TPSA) is 53.6 Å². The maximum atomic E-state index is 11.8. The Morgan fingerprint density at radius 2 is 2.16 bits per heavy atom. The van der Waals surface area contributed by atoms with Gasteiger partial charge in [-0.15, -0.1) is 0 Å². The lowest BCUT2D eigenvalue weighted by molar-refractivity contribution is -0.115. The van der Waals surface area contributed by atoms with Crippen LogP contribution in [0.15, 0.2) is 18.2 Å². The minimum Gasteiger partial charge on any atom is -0.383 e. The van der Waals surface area contributed by atoms with Gasteiger partial charge in [0.25, 0.3) is 0 Å². The number of amides is 1. The number of anilines is 2. The number of hydrogen-bond acceptors (Lipinski definition) is 4. The normalized spacial score (nSPS) is 10.3. The van der Waals surface area contributed by atoms with Crippen molar-refractivity contribution in [2.24, 2.45) is 0 Å². The highest BCUT2D eigenvalue weighted by molar-refractivity contribution is 6.34. The van der Waals surface area contributed by atoms with Gasteiger partial charge in [-0.25, -0.2) is 0 Å². The number of ether oxygens (including phenoxy) is 1. The van der Waals surface area contributed by atoms with Gasteiger partial charge < -0.3 is 20.3 Å². The summed E-state index contributed by atoms with van der Waals surface area (Å²) in [5.74, 6) is -0.110. The molecule has 6 heteroatoms. The van der Waals surface area contributed by atoms with Gasteiger partial charge in [0, 0.05) is 27.7 Å². The fourth-order valence-corrected chi connectivity index (χ4v) is 1.98. The van der Waals surface area contributed by atoms with E-state index in [0.29, 0.717) is 23.9 Å². The Bertz CT molecular complexity index is 424. The molecule has 0 spiro atoms. The third-order valence-corrected chi connectivity index (χ3v) is 2.78. The van der Waals surface area contributed by atoms with Crippen LogP contribution in [0.2, 0.25) is 5.02 Å². The number of carbonyl (C=O) groups excluding carboxylic acids is 1. The van der Waals surface area contributed by atoms with E-state index in [-0.39, 0.29) is 12.5 Å². The van der Waals surface area contributed by atoms with Crippen molar-refractivity contribution in [3.63, 3.8) is 0 Å². The standard InChI is InChI=1S/C13H20ClN3O2/c1-17(2)13-10(14)5-4-6-11(13)16-12(18)9-15-7-8-19-3/h4-6,15H,7-9H2,1-3H3,(H,16,18). The van der Waals surface area contributed by atoms with Crippen LogP contribution in [0.25, 0.3) is 0 Å². The van der Waals surface area contributed by atoms with Crippen LogP contribution in [0.3, 0.4) is 0 Å². The zero-order valence-corrected chi connectivity index (χ0v) is 12.3. The summed E-state index contributed by atoms with van der Waals surface area (Å²) in [6, 6.07) is 5.43. The van der Waals surface area contributed by atoms with Gasteiger partial charge in [-0.2, -0.15) is 0 Å². The number of para-hydroxylation sites is 1. The number of methoxy groups -OCH3 is 1. The van der Waals surface area contributed by atoms with Gasteiger partial charge in [-0.3, -0.25) is 4.79 Å². The van der Waals surface area contributed by atoms with E-state index in [1.54, 1.807) is 13.2 Å². The molecule has 1 rings (SSSR count). The lowest BCUT2D eigenvalue weighted by atomic mass is 10.2. The van der Waals surface area contributed by atoms with Gasteiger partial charge >= 0.3 is 0 Å². The molecule has 0 aliphatic carbocycles. The SMILES string of the molecule is COCCNCC(=O)Nc1cccc(Cl)c1N(C)C. The first-order valence-electron chi connectivity index (χ1n) is 6.01. The molecule has 0 saturated heterocycles. The van der Waals surface area contributed by atoms with E-state index in [1.807, 2.05) is 31.1 Å². The van der Waals surface area contributed by atoms with Crippen LogP contribution < -0.4 is 15.5 Å². The van der Waals surface area contributed by atoms with Gasteiger partial charge in [0.15, 0.2) is 0 Å². The summed E-state index contributed by atoms with van der Waals surface area (Å²) in [6.07, 6.45) is 0. The zero-order valence-electron chi connectivity index (χ0n) is 11.5. The number of benzene rings is 1. The average Bonchev–Trinajstić information content (AvgIpc) is 2.34. The van der Waals surface area contributed by atoms with Gasteiger partial charge in [0.05, 0.1) is 29.5 Å². The lowest BCUT2D eigenvalue weighted by Gasteiger charge is -2.19. The molecular weight excluding hydrogens is 266 g/mol. The smallest absolute Gasteiger partial charge is 0.238 e. The molecule has 0 unspecified atom stereocenters. The number of halogens is 1. The van der Waals surface area contributed by atoms with Crippen molar-refractivity contribution in [3.8, 4) is 0 Å². The monoisotopic (exact) mass is 285 g/mol. The fraction of sp³-hybridized carbons (Fsp3) is 0.462. The second-order valence-electron chi connectivity index (χ2n) is 4.25. The van der Waals surface area contributed by atoms with E-state index in [0.717, 1.165) is 5.69 Å². The third kappa shape index (κ3) is 5.06. The molecule has 0 aliphatic rings. The lowest BCUT2D eigenvalue weighted by Crippen LogP contribution is -2.30. The summed E-state index contributed by atoms with van der Waals surface area (Å²) in [5.41, 5.74) is 1.51. The van der Waals surface area contributed by atoms with Crippen molar-refractivity contribution in [2.75, 3.05) is 51.1 Å². The Balaban J connectivity index is 2.61. The number of carbonyl (C=O) groups is 1. The van der Waals surface area contributed by atoms with Gasteiger partial charge in [0.2, 0.25) is 5.91 Å². The van der Waals surface area contributed by atoms with Crippen molar-refractivity contribution in [2.45, 2.75) is 0 Å². The highest BCUT2D eigenvalue weighted by Gasteiger charge is 2.11. The van der Waals surface area contributed by atoms with Crippen LogP contribution in [-0.2, 0) is 9.53 Å². The first-order chi connectivity index (χ1) is 9.06. The van der Waals surface area contributed by atoms with E-state index in [9.17, 15) is 4.79 Å². The van der Waals surface area contributed by atoms with Gasteiger partial charge in [-0.1, -0.05) is 17.7 Å². The summed E-state index contributed by atoms with van der Waals surface area (Å²) in [5, 5.41) is 6.43. The van der Waals surface area contributed by atoms with Gasteiger partial charge in [0.1, 0.15) is 0 Å². The minimum atomic E-state index is -0.110. The highest BCUT2D eigenvalue weighted by atomic mass is 35.5. The van der Waals surface area contributed by atoms with Crippen molar-refractivity contribution in [1.82, 2.24) is 5.32 Å². The summed E-state index contributed by atoms with van der Waals surface area (Å²) >= 11 is 6.13. The zero-order chi connectivity index (χ0) is 14.3. The molecule has 0 aromatic heterocycles. The van der Waals surface area contributed by atoms with Crippen molar-refractivity contribution < 1.29 is 9.53 Å². The van der Waals surface area contributed by atoms with E-state index >= 15 is 0 Å². The average molecular weight is 286 g/mol. The van der Waals surface area contributed by atoms with Crippen LogP contribution in [0.5, 0.6) is 0 Å². The predicted molar refractivity (Wildman–Crippen MR) is 79.2 cm³/mol. The highest BCUT2D eigenvalue weighted by Crippen LogP contribution is 2.32. The largest absolute Gasteiger partial charge is 0.383 e. The first-order valence-corrected chi connectivity index (χ1v) is 6.39. The molecule has 0 aliphatic heterocycles. The predicted octanol–water partition coefficient (Wildman–Crippen LogP) is 1.58. The molecule has 19 heavy (non-hydrogen) atoms. The molecule has 0 radical (unpaired) electrons. The van der Waals surface area contributed by atoms with Crippen LogP contribution in [-0.4, -0.2) is 46.8 Å². The molecule has 0 fully saturated rings. The molecule has 1 aromatic rings. The van der Waals surface area contributed by atoms with Crippen molar-refractivity contribution >= 4 is 28.9 Å². The minimum absolute atomic E-state index is 0.110. The van der Waals surface area contributed by atoms with Crippen LogP contribution in [0, 0.1) is 0 Å². The van der Waals surface area contributed by atoms with E-state index < -0.39 is 0 Å². The van der Waals surface area contributed by atoms with E-state index in [1.165, 1.54) is 0 Å². The second kappa shape index (κ2) is 7.99. The molecule has 0 saturated carbocycles. The summed E-state index contributed by atoms with van der Waals surface area (Å²) in [4.78, 5) is 13.7. The maximum Gasteiger partial charge on any atom is 0.238 e. The molecule has 5 nitrogen and oxygen atoms in total. The summed E-state index contributed by atoms with van der Waals surface area (Å²) in [6.45, 7) is 1.45. The molecule has 106 valence electrons. The summed E-state index contributed by atoms with van der Waals surface area (Å²) < 4.78 is 4.89. The Morgan fingerprint density at radius 1 is 1.42 bits per heavy atom. The number of nitrogens with one attached hydrogen (secondary N) is 2. The Kier molecular flexibility index (Phi) is 6.62. The molecule has 0 atom stereocenters. The fourth-order valence-electron chi connectivity index (χ4n) is 1.64. The Morgan fingerprint density at radius 3 is 2.79 bits per heavy atom. The first kappa shape index (κ1) is 15.8. The summed E-state index contributed by atoms with van der Waals surface area (Å²) in [7, 11) is 5.39. The van der Waals surface area contributed by atoms with Gasteiger partial charge in [-0.05, 0) is 12.1 Å². The number of nitrogens with zero attached hydrogens (tertiary/aromatic N) is 1. The molecule has 2 N–H and O–H groups in total.